The number of benzene rings is 1. The molecule has 1 saturated heterocycles. The van der Waals surface area contributed by atoms with Crippen LogP contribution in [0, 0.1) is 0 Å². The molecule has 1 fully saturated rings. The Labute approximate surface area is 72.8 Å². The van der Waals surface area contributed by atoms with Crippen molar-refractivity contribution in [1.82, 2.24) is 4.90 Å². The van der Waals surface area contributed by atoms with Gasteiger partial charge in [0.1, 0.15) is 5.75 Å². The van der Waals surface area contributed by atoms with Crippen LogP contribution in [0.15, 0.2) is 24.3 Å². The van der Waals surface area contributed by atoms with Gasteiger partial charge in [-0.15, -0.1) is 0 Å². The molecule has 12 heavy (non-hydrogen) atoms. The molecule has 1 aromatic rings. The number of hydrogen-bond donors (Lipinski definition) is 0. The van der Waals surface area contributed by atoms with E-state index in [1.165, 1.54) is 18.7 Å². The van der Waals surface area contributed by atoms with Crippen molar-refractivity contribution in [3.63, 3.8) is 0 Å². The van der Waals surface area contributed by atoms with Gasteiger partial charge in [0.05, 0.1) is 7.11 Å². The second kappa shape index (κ2) is 3.15. The number of ether oxygens (including phenoxy) is 1. The van der Waals surface area contributed by atoms with Crippen molar-refractivity contribution in [1.29, 1.82) is 0 Å². The lowest BCUT2D eigenvalue weighted by Gasteiger charge is -2.03. The van der Waals surface area contributed by atoms with E-state index in [1.807, 2.05) is 12.1 Å². The molecule has 0 amide bonds. The quantitative estimate of drug-likeness (QED) is 0.626. The van der Waals surface area contributed by atoms with Crippen LogP contribution in [0.1, 0.15) is 5.56 Å². The van der Waals surface area contributed by atoms with E-state index >= 15 is 0 Å². The van der Waals surface area contributed by atoms with Gasteiger partial charge in [-0.2, -0.15) is 0 Å². The van der Waals surface area contributed by atoms with Gasteiger partial charge in [0, 0.05) is 19.6 Å². The van der Waals surface area contributed by atoms with E-state index in [1.54, 1.807) is 7.11 Å². The minimum atomic E-state index is 0.953. The summed E-state index contributed by atoms with van der Waals surface area (Å²) in [6.45, 7) is 3.56. The molecule has 2 nitrogen and oxygen atoms in total. The van der Waals surface area contributed by atoms with E-state index in [0.717, 1.165) is 12.3 Å². The zero-order valence-corrected chi connectivity index (χ0v) is 7.29. The highest BCUT2D eigenvalue weighted by Crippen LogP contribution is 2.16. The van der Waals surface area contributed by atoms with Crippen molar-refractivity contribution >= 4 is 0 Å². The normalized spacial score (nSPS) is 16.1. The molecule has 0 aromatic heterocycles. The molecule has 0 spiro atoms. The standard InChI is InChI=1S/C10H13NO/c1-12-10-4-2-3-9(7-10)8-11-5-6-11/h2-4,7H,5-6,8H2,1H3. The molecule has 1 aromatic carbocycles. The first kappa shape index (κ1) is 7.62. The largest absolute Gasteiger partial charge is 0.497 e. The van der Waals surface area contributed by atoms with Gasteiger partial charge in [-0.25, -0.2) is 0 Å². The lowest BCUT2D eigenvalue weighted by atomic mass is 10.2. The van der Waals surface area contributed by atoms with Gasteiger partial charge in [-0.05, 0) is 17.7 Å². The maximum absolute atomic E-state index is 5.14. The third-order valence-electron chi connectivity index (χ3n) is 2.08. The van der Waals surface area contributed by atoms with E-state index in [2.05, 4.69) is 17.0 Å². The molecule has 64 valence electrons. The van der Waals surface area contributed by atoms with Gasteiger partial charge in [-0.3, -0.25) is 4.90 Å². The summed E-state index contributed by atoms with van der Waals surface area (Å²) in [5.74, 6) is 0.953. The topological polar surface area (TPSA) is 12.2 Å². The fourth-order valence-corrected chi connectivity index (χ4v) is 1.26. The zero-order chi connectivity index (χ0) is 8.39. The summed E-state index contributed by atoms with van der Waals surface area (Å²) in [6, 6.07) is 8.25. The lowest BCUT2D eigenvalue weighted by molar-refractivity contribution is 0.413. The summed E-state index contributed by atoms with van der Waals surface area (Å²) in [5, 5.41) is 0. The van der Waals surface area contributed by atoms with Crippen LogP contribution in [0.3, 0.4) is 0 Å². The highest BCUT2D eigenvalue weighted by molar-refractivity contribution is 5.28. The van der Waals surface area contributed by atoms with E-state index in [-0.39, 0.29) is 0 Å². The molecule has 0 radical (unpaired) electrons. The van der Waals surface area contributed by atoms with Gasteiger partial charge >= 0.3 is 0 Å². The van der Waals surface area contributed by atoms with Crippen LogP contribution in [0.5, 0.6) is 5.75 Å². The second-order valence-corrected chi connectivity index (χ2v) is 3.13. The molecule has 2 rings (SSSR count). The summed E-state index contributed by atoms with van der Waals surface area (Å²) in [5.41, 5.74) is 1.34. The Morgan fingerprint density at radius 3 is 2.92 bits per heavy atom. The van der Waals surface area contributed by atoms with Gasteiger partial charge in [-0.1, -0.05) is 12.1 Å². The SMILES string of the molecule is COc1cccc(CN2CC2)c1. The molecule has 0 N–H and O–H groups in total. The predicted molar refractivity (Wildman–Crippen MR) is 48.3 cm³/mol. The summed E-state index contributed by atoms with van der Waals surface area (Å²) in [6.07, 6.45) is 0. The van der Waals surface area contributed by atoms with E-state index in [0.29, 0.717) is 0 Å². The molecule has 0 bridgehead atoms. The summed E-state index contributed by atoms with van der Waals surface area (Å²) >= 11 is 0. The molecule has 1 aliphatic heterocycles. The fourth-order valence-electron chi connectivity index (χ4n) is 1.26. The molecule has 0 saturated carbocycles. The third-order valence-corrected chi connectivity index (χ3v) is 2.08. The van der Waals surface area contributed by atoms with E-state index < -0.39 is 0 Å². The summed E-state index contributed by atoms with van der Waals surface area (Å²) in [4.78, 5) is 2.38. The Kier molecular flexibility index (Phi) is 2.00. The Hall–Kier alpha value is -1.02. The fraction of sp³-hybridized carbons (Fsp3) is 0.400. The van der Waals surface area contributed by atoms with Crippen LogP contribution >= 0.6 is 0 Å². The molecule has 1 heterocycles. The van der Waals surface area contributed by atoms with Crippen molar-refractivity contribution in [2.75, 3.05) is 20.2 Å². The average molecular weight is 163 g/mol. The average Bonchev–Trinajstić information content (AvgIpc) is 2.89. The highest BCUT2D eigenvalue weighted by Gasteiger charge is 2.16. The minimum Gasteiger partial charge on any atom is -0.497 e. The molecule has 2 heteroatoms. The van der Waals surface area contributed by atoms with Crippen LogP contribution in [-0.4, -0.2) is 25.1 Å². The van der Waals surface area contributed by atoms with Gasteiger partial charge in [0.25, 0.3) is 0 Å². The Bertz CT molecular complexity index is 268. The van der Waals surface area contributed by atoms with E-state index in [4.69, 9.17) is 4.74 Å². The monoisotopic (exact) mass is 163 g/mol. The van der Waals surface area contributed by atoms with Gasteiger partial charge < -0.3 is 4.74 Å². The minimum absolute atomic E-state index is 0.953. The van der Waals surface area contributed by atoms with E-state index in [9.17, 15) is 0 Å². The van der Waals surface area contributed by atoms with Gasteiger partial charge in [0.15, 0.2) is 0 Å². The number of methoxy groups -OCH3 is 1. The molecular formula is C10H13NO. The van der Waals surface area contributed by atoms with Crippen molar-refractivity contribution in [2.24, 2.45) is 0 Å². The van der Waals surface area contributed by atoms with Crippen LogP contribution in [0.4, 0.5) is 0 Å². The van der Waals surface area contributed by atoms with Crippen molar-refractivity contribution in [3.05, 3.63) is 29.8 Å². The first-order chi connectivity index (χ1) is 5.88. The van der Waals surface area contributed by atoms with Crippen molar-refractivity contribution < 1.29 is 4.74 Å². The lowest BCUT2D eigenvalue weighted by Crippen LogP contribution is -1.96. The number of hydrogen-bond acceptors (Lipinski definition) is 2. The van der Waals surface area contributed by atoms with Gasteiger partial charge in [0.2, 0.25) is 0 Å². The highest BCUT2D eigenvalue weighted by atomic mass is 16.5. The molecular weight excluding hydrogens is 150 g/mol. The molecule has 0 unspecified atom stereocenters. The smallest absolute Gasteiger partial charge is 0.119 e. The molecule has 0 aliphatic carbocycles. The van der Waals surface area contributed by atoms with Crippen LogP contribution in [-0.2, 0) is 6.54 Å². The van der Waals surface area contributed by atoms with Crippen molar-refractivity contribution in [2.45, 2.75) is 6.54 Å². The zero-order valence-electron chi connectivity index (χ0n) is 7.29. The Morgan fingerprint density at radius 1 is 1.42 bits per heavy atom. The predicted octanol–water partition coefficient (Wildman–Crippen LogP) is 1.51. The van der Waals surface area contributed by atoms with Crippen molar-refractivity contribution in [3.8, 4) is 5.75 Å². The molecule has 1 aliphatic rings. The second-order valence-electron chi connectivity index (χ2n) is 3.13. The third kappa shape index (κ3) is 1.77. The summed E-state index contributed by atoms with van der Waals surface area (Å²) in [7, 11) is 1.70. The maximum Gasteiger partial charge on any atom is 0.119 e. The Morgan fingerprint density at radius 2 is 2.25 bits per heavy atom. The first-order valence-electron chi connectivity index (χ1n) is 4.24. The first-order valence-corrected chi connectivity index (χ1v) is 4.24. The number of nitrogens with zero attached hydrogens (tertiary/aromatic N) is 1. The van der Waals surface area contributed by atoms with Crippen LogP contribution in [0.2, 0.25) is 0 Å². The van der Waals surface area contributed by atoms with Crippen LogP contribution < -0.4 is 4.74 Å². The summed E-state index contributed by atoms with van der Waals surface area (Å²) < 4.78 is 5.14. The van der Waals surface area contributed by atoms with Crippen LogP contribution in [0.25, 0.3) is 0 Å². The number of rotatable bonds is 3. The molecule has 0 atom stereocenters. The Balaban J connectivity index is 2.08. The maximum atomic E-state index is 5.14.